The highest BCUT2D eigenvalue weighted by atomic mass is 32.2. The molecule has 0 spiro atoms. The fourth-order valence-corrected chi connectivity index (χ4v) is 3.52. The molecule has 0 fully saturated rings. The first-order valence-electron chi connectivity index (χ1n) is 4.78. The molecule has 6 nitrogen and oxygen atoms in total. The van der Waals surface area contributed by atoms with E-state index in [0.29, 0.717) is 11.3 Å². The van der Waals surface area contributed by atoms with Gasteiger partial charge in [-0.25, -0.2) is 13.2 Å². The number of carboxylic acid groups (broad SMARTS) is 1. The lowest BCUT2D eigenvalue weighted by atomic mass is 10.0. The molecular formula is C9H7F3N2O4S2. The van der Waals surface area contributed by atoms with E-state index in [-0.39, 0.29) is 11.8 Å². The van der Waals surface area contributed by atoms with Crippen molar-refractivity contribution in [3.63, 3.8) is 0 Å². The lowest BCUT2D eigenvalue weighted by Crippen LogP contribution is -2.61. The Morgan fingerprint density at radius 2 is 2.00 bits per heavy atom. The number of carboxylic acids is 1. The summed E-state index contributed by atoms with van der Waals surface area (Å²) < 4.78 is 62.2. The molecule has 0 aliphatic rings. The summed E-state index contributed by atoms with van der Waals surface area (Å²) in [4.78, 5) is 10.7. The minimum Gasteiger partial charge on any atom is -0.480 e. The predicted molar refractivity (Wildman–Crippen MR) is 61.5 cm³/mol. The van der Waals surface area contributed by atoms with Crippen molar-refractivity contribution >= 4 is 27.3 Å². The van der Waals surface area contributed by atoms with E-state index >= 15 is 0 Å². The van der Waals surface area contributed by atoms with E-state index in [1.165, 1.54) is 0 Å². The molecule has 0 amide bonds. The summed E-state index contributed by atoms with van der Waals surface area (Å²) in [5.41, 5.74) is -3.66. The largest absolute Gasteiger partial charge is 0.480 e. The van der Waals surface area contributed by atoms with Gasteiger partial charge in [0.05, 0.1) is 0 Å². The summed E-state index contributed by atoms with van der Waals surface area (Å²) in [6.07, 6.45) is -5.33. The molecule has 1 unspecified atom stereocenters. The van der Waals surface area contributed by atoms with Crippen LogP contribution < -0.4 is 4.72 Å². The fraction of sp³-hybridized carbons (Fsp3) is 0.333. The molecule has 1 atom stereocenters. The Kier molecular flexibility index (Phi) is 4.14. The Balaban J connectivity index is 3.24. The summed E-state index contributed by atoms with van der Waals surface area (Å²) >= 11 is 0.431. The Hall–Kier alpha value is -1.64. The van der Waals surface area contributed by atoms with Crippen molar-refractivity contribution in [1.82, 2.24) is 4.72 Å². The summed E-state index contributed by atoms with van der Waals surface area (Å²) in [6, 6.07) is 3.65. The highest BCUT2D eigenvalue weighted by Gasteiger charge is 2.59. The second-order valence-corrected chi connectivity index (χ2v) is 6.76. The normalized spacial score (nSPS) is 15.3. The minimum absolute atomic E-state index is 0.0330. The second kappa shape index (κ2) is 5.04. The number of nitrogens with one attached hydrogen (secondary N) is 1. The third-order valence-corrected chi connectivity index (χ3v) is 5.33. The monoisotopic (exact) mass is 328 g/mol. The molecule has 0 saturated carbocycles. The van der Waals surface area contributed by atoms with Crippen LogP contribution in [-0.2, 0) is 14.8 Å². The lowest BCUT2D eigenvalue weighted by Gasteiger charge is -2.27. The molecular weight excluding hydrogens is 321 g/mol. The molecule has 0 saturated heterocycles. The SMILES string of the molecule is CC(NS(=O)(=O)c1ccc(C#N)s1)(C(=O)O)C(F)(F)F. The van der Waals surface area contributed by atoms with Gasteiger partial charge in [0.25, 0.3) is 10.0 Å². The second-order valence-electron chi connectivity index (χ2n) is 3.76. The smallest absolute Gasteiger partial charge is 0.418 e. The Morgan fingerprint density at radius 1 is 1.45 bits per heavy atom. The summed E-state index contributed by atoms with van der Waals surface area (Å²) in [5.74, 6) is -2.38. The van der Waals surface area contributed by atoms with Crippen molar-refractivity contribution in [2.24, 2.45) is 0 Å². The van der Waals surface area contributed by atoms with Crippen LogP contribution in [0.15, 0.2) is 16.3 Å². The average molecular weight is 328 g/mol. The number of rotatable bonds is 4. The van der Waals surface area contributed by atoms with Crippen molar-refractivity contribution < 1.29 is 31.5 Å². The first-order chi connectivity index (χ1) is 8.94. The van der Waals surface area contributed by atoms with Gasteiger partial charge in [-0.1, -0.05) is 0 Å². The van der Waals surface area contributed by atoms with Gasteiger partial charge in [0.1, 0.15) is 15.2 Å². The number of thiophene rings is 1. The number of carbonyl (C=O) groups is 1. The predicted octanol–water partition coefficient (Wildman–Crippen LogP) is 1.30. The van der Waals surface area contributed by atoms with E-state index in [2.05, 4.69) is 0 Å². The Morgan fingerprint density at radius 3 is 2.35 bits per heavy atom. The highest BCUT2D eigenvalue weighted by molar-refractivity contribution is 7.91. The van der Waals surface area contributed by atoms with E-state index in [4.69, 9.17) is 10.4 Å². The van der Waals surface area contributed by atoms with Crippen molar-refractivity contribution in [1.29, 1.82) is 5.26 Å². The summed E-state index contributed by atoms with van der Waals surface area (Å²) in [5, 5.41) is 17.2. The van der Waals surface area contributed by atoms with Gasteiger partial charge in [-0.15, -0.1) is 11.3 Å². The number of halogens is 3. The van der Waals surface area contributed by atoms with Crippen molar-refractivity contribution in [2.45, 2.75) is 22.8 Å². The molecule has 1 heterocycles. The molecule has 0 aromatic carbocycles. The van der Waals surface area contributed by atoms with Crippen LogP contribution >= 0.6 is 11.3 Å². The summed E-state index contributed by atoms with van der Waals surface area (Å²) in [6.45, 7) is 0.200. The maximum atomic E-state index is 12.7. The van der Waals surface area contributed by atoms with Crippen LogP contribution in [0.4, 0.5) is 13.2 Å². The van der Waals surface area contributed by atoms with E-state index < -0.39 is 31.9 Å². The summed E-state index contributed by atoms with van der Waals surface area (Å²) in [7, 11) is -4.72. The van der Waals surface area contributed by atoms with Crippen LogP contribution in [0.1, 0.15) is 11.8 Å². The van der Waals surface area contributed by atoms with Crippen molar-refractivity contribution in [3.8, 4) is 6.07 Å². The van der Waals surface area contributed by atoms with Gasteiger partial charge in [-0.2, -0.15) is 23.2 Å². The maximum Gasteiger partial charge on any atom is 0.418 e. The van der Waals surface area contributed by atoms with Gasteiger partial charge >= 0.3 is 12.1 Å². The van der Waals surface area contributed by atoms with Gasteiger partial charge in [-0.05, 0) is 19.1 Å². The molecule has 1 rings (SSSR count). The van der Waals surface area contributed by atoms with Gasteiger partial charge < -0.3 is 5.11 Å². The molecule has 20 heavy (non-hydrogen) atoms. The van der Waals surface area contributed by atoms with E-state index in [0.717, 1.165) is 16.9 Å². The van der Waals surface area contributed by atoms with Crippen LogP contribution in [-0.4, -0.2) is 31.2 Å². The van der Waals surface area contributed by atoms with E-state index in [1.54, 1.807) is 6.07 Å². The van der Waals surface area contributed by atoms with Crippen LogP contribution in [0.5, 0.6) is 0 Å². The van der Waals surface area contributed by atoms with Gasteiger partial charge in [-0.3, -0.25) is 0 Å². The van der Waals surface area contributed by atoms with Crippen molar-refractivity contribution in [2.75, 3.05) is 0 Å². The molecule has 1 aromatic rings. The minimum atomic E-state index is -5.33. The van der Waals surface area contributed by atoms with E-state index in [9.17, 15) is 26.4 Å². The number of hydrogen-bond acceptors (Lipinski definition) is 5. The number of aliphatic carboxylic acids is 1. The molecule has 1 aromatic heterocycles. The zero-order valence-corrected chi connectivity index (χ0v) is 11.4. The van der Waals surface area contributed by atoms with Crippen LogP contribution in [0, 0.1) is 11.3 Å². The molecule has 0 aliphatic carbocycles. The number of sulfonamides is 1. The van der Waals surface area contributed by atoms with Crippen LogP contribution in [0.3, 0.4) is 0 Å². The lowest BCUT2D eigenvalue weighted by molar-refractivity contribution is -0.201. The zero-order chi connectivity index (χ0) is 15.8. The third kappa shape index (κ3) is 2.92. The molecule has 0 bridgehead atoms. The third-order valence-electron chi connectivity index (χ3n) is 2.29. The highest BCUT2D eigenvalue weighted by Crippen LogP contribution is 2.32. The van der Waals surface area contributed by atoms with Gasteiger partial charge in [0, 0.05) is 0 Å². The van der Waals surface area contributed by atoms with Gasteiger partial charge in [0.15, 0.2) is 0 Å². The first kappa shape index (κ1) is 16.4. The average Bonchev–Trinajstić information content (AvgIpc) is 2.75. The van der Waals surface area contributed by atoms with Crippen LogP contribution in [0.2, 0.25) is 0 Å². The zero-order valence-electron chi connectivity index (χ0n) is 9.72. The maximum absolute atomic E-state index is 12.7. The topological polar surface area (TPSA) is 107 Å². The number of nitriles is 1. The Bertz CT molecular complexity index is 674. The molecule has 11 heteroatoms. The van der Waals surface area contributed by atoms with Crippen LogP contribution in [0.25, 0.3) is 0 Å². The fourth-order valence-electron chi connectivity index (χ4n) is 1.07. The number of hydrogen-bond donors (Lipinski definition) is 2. The van der Waals surface area contributed by atoms with E-state index in [1.807, 2.05) is 0 Å². The van der Waals surface area contributed by atoms with Gasteiger partial charge in [0.2, 0.25) is 5.54 Å². The quantitative estimate of drug-likeness (QED) is 0.866. The Labute approximate surface area is 115 Å². The molecule has 0 aliphatic heterocycles. The van der Waals surface area contributed by atoms with Crippen molar-refractivity contribution in [3.05, 3.63) is 17.0 Å². The molecule has 2 N–H and O–H groups in total. The molecule has 0 radical (unpaired) electrons. The number of nitrogens with zero attached hydrogens (tertiary/aromatic N) is 1. The molecule has 110 valence electrons. The number of alkyl halides is 3. The standard InChI is InChI=1S/C9H7F3N2O4S2/c1-8(7(15)16,9(10,11)12)14-20(17,18)6-3-2-5(4-13)19-6/h2-3,14H,1H3,(H,15,16). The first-order valence-corrected chi connectivity index (χ1v) is 7.08.